The van der Waals surface area contributed by atoms with Gasteiger partial charge in [0, 0.05) is 22.9 Å². The van der Waals surface area contributed by atoms with E-state index < -0.39 is 11.5 Å². The van der Waals surface area contributed by atoms with Gasteiger partial charge < -0.3 is 5.11 Å². The Hall–Kier alpha value is -0.620. The van der Waals surface area contributed by atoms with Crippen LogP contribution in [-0.4, -0.2) is 11.1 Å². The fourth-order valence-corrected chi connectivity index (χ4v) is 2.98. The van der Waals surface area contributed by atoms with Gasteiger partial charge >= 0.3 is 5.97 Å². The molecule has 0 radical (unpaired) electrons. The fourth-order valence-electron chi connectivity index (χ4n) is 2.19. The highest BCUT2D eigenvalue weighted by atomic mass is 127. The van der Waals surface area contributed by atoms with E-state index >= 15 is 0 Å². The van der Waals surface area contributed by atoms with Crippen molar-refractivity contribution in [3.05, 3.63) is 35.4 Å². The summed E-state index contributed by atoms with van der Waals surface area (Å²) >= 11 is 1.94. The first-order chi connectivity index (χ1) is 7.20. The number of aryl methyl sites for hydroxylation is 1. The van der Waals surface area contributed by atoms with Gasteiger partial charge in [-0.3, -0.25) is 0 Å². The van der Waals surface area contributed by atoms with E-state index in [0.29, 0.717) is 6.42 Å². The van der Waals surface area contributed by atoms with Crippen LogP contribution in [0.5, 0.6) is 0 Å². The summed E-state index contributed by atoms with van der Waals surface area (Å²) in [4.78, 5) is 11.4. The smallest absolute Gasteiger partial charge is 0.329 e. The molecule has 1 aliphatic carbocycles. The van der Waals surface area contributed by atoms with Gasteiger partial charge in [-0.25, -0.2) is 8.32 Å². The summed E-state index contributed by atoms with van der Waals surface area (Å²) in [5, 5.41) is 9.37. The number of fused-ring (bicyclic) bond motifs is 1. The molecule has 1 aromatic carbocycles. The van der Waals surface area contributed by atoms with Gasteiger partial charge in [0.15, 0.2) is 5.54 Å². The summed E-state index contributed by atoms with van der Waals surface area (Å²) in [6.07, 6.45) is 2.55. The Labute approximate surface area is 102 Å². The lowest BCUT2D eigenvalue weighted by molar-refractivity contribution is -0.144. The lowest BCUT2D eigenvalue weighted by Gasteiger charge is -2.34. The third kappa shape index (κ3) is 1.65. The lowest BCUT2D eigenvalue weighted by Crippen LogP contribution is -2.47. The topological polar surface area (TPSA) is 49.3 Å². The standard InChI is InChI=1S/C11H12INO2/c12-13-11(10(14)15)7-3-5-8-4-1-2-6-9(8)11/h1-2,4,6,13H,3,5,7H2,(H,14,15). The second-order valence-corrected chi connectivity index (χ2v) is 4.36. The van der Waals surface area contributed by atoms with Crippen molar-refractivity contribution in [2.45, 2.75) is 24.8 Å². The van der Waals surface area contributed by atoms with Crippen molar-refractivity contribution in [2.75, 3.05) is 0 Å². The molecule has 80 valence electrons. The predicted octanol–water partition coefficient (Wildman–Crippen LogP) is 2.24. The van der Waals surface area contributed by atoms with E-state index in [9.17, 15) is 9.90 Å². The molecule has 0 aliphatic heterocycles. The Kier molecular flexibility index (Phi) is 2.97. The number of hydrogen-bond acceptors (Lipinski definition) is 2. The highest BCUT2D eigenvalue weighted by molar-refractivity contribution is 14.1. The highest BCUT2D eigenvalue weighted by Crippen LogP contribution is 2.36. The van der Waals surface area contributed by atoms with Gasteiger partial charge in [0.1, 0.15) is 0 Å². The van der Waals surface area contributed by atoms with Crippen LogP contribution in [0.2, 0.25) is 0 Å². The van der Waals surface area contributed by atoms with Crippen molar-refractivity contribution in [3.63, 3.8) is 0 Å². The number of carboxylic acids is 1. The minimum absolute atomic E-state index is 0.655. The summed E-state index contributed by atoms with van der Waals surface area (Å²) in [7, 11) is 0. The van der Waals surface area contributed by atoms with Crippen LogP contribution in [0.1, 0.15) is 24.0 Å². The second kappa shape index (κ2) is 4.09. The SMILES string of the molecule is O=C(O)C1(NI)CCCc2ccccc21. The molecule has 1 aromatic rings. The zero-order valence-electron chi connectivity index (χ0n) is 8.16. The summed E-state index contributed by atoms with van der Waals surface area (Å²) < 4.78 is 2.94. The van der Waals surface area contributed by atoms with Gasteiger partial charge in [0.2, 0.25) is 0 Å². The number of nitrogens with one attached hydrogen (secondary N) is 1. The molecule has 0 bridgehead atoms. The summed E-state index contributed by atoms with van der Waals surface area (Å²) in [6.45, 7) is 0. The van der Waals surface area contributed by atoms with E-state index in [-0.39, 0.29) is 0 Å². The molecule has 0 spiro atoms. The predicted molar refractivity (Wildman–Crippen MR) is 65.8 cm³/mol. The molecule has 1 atom stereocenters. The Morgan fingerprint density at radius 2 is 2.20 bits per heavy atom. The Morgan fingerprint density at radius 1 is 1.47 bits per heavy atom. The Bertz CT molecular complexity index is 394. The third-order valence-corrected chi connectivity index (χ3v) is 3.92. The molecule has 15 heavy (non-hydrogen) atoms. The zero-order chi connectivity index (χ0) is 10.9. The summed E-state index contributed by atoms with van der Waals surface area (Å²) in [6, 6.07) is 7.79. The number of aliphatic carboxylic acids is 1. The maximum absolute atomic E-state index is 11.4. The van der Waals surface area contributed by atoms with E-state index in [1.807, 2.05) is 47.1 Å². The highest BCUT2D eigenvalue weighted by Gasteiger charge is 2.42. The van der Waals surface area contributed by atoms with Crippen molar-refractivity contribution in [1.82, 2.24) is 3.53 Å². The first kappa shape index (κ1) is 10.9. The minimum atomic E-state index is -0.893. The van der Waals surface area contributed by atoms with E-state index in [2.05, 4.69) is 3.53 Å². The van der Waals surface area contributed by atoms with Crippen molar-refractivity contribution in [3.8, 4) is 0 Å². The maximum Gasteiger partial charge on any atom is 0.329 e. The van der Waals surface area contributed by atoms with Gasteiger partial charge in [-0.1, -0.05) is 24.3 Å². The van der Waals surface area contributed by atoms with Gasteiger partial charge in [-0.2, -0.15) is 0 Å². The van der Waals surface area contributed by atoms with Crippen LogP contribution in [0.15, 0.2) is 24.3 Å². The molecule has 2 N–H and O–H groups in total. The molecule has 0 fully saturated rings. The number of hydrogen-bond donors (Lipinski definition) is 2. The average molecular weight is 317 g/mol. The first-order valence-corrected chi connectivity index (χ1v) is 5.98. The van der Waals surface area contributed by atoms with Crippen LogP contribution in [0, 0.1) is 0 Å². The normalized spacial score (nSPS) is 24.6. The van der Waals surface area contributed by atoms with Crippen LogP contribution in [-0.2, 0) is 16.8 Å². The average Bonchev–Trinajstić information content (AvgIpc) is 2.28. The Morgan fingerprint density at radius 3 is 2.87 bits per heavy atom. The van der Waals surface area contributed by atoms with Gasteiger partial charge in [0.05, 0.1) is 0 Å². The number of carbonyl (C=O) groups is 1. The molecule has 2 rings (SSSR count). The van der Waals surface area contributed by atoms with Crippen LogP contribution in [0.25, 0.3) is 0 Å². The van der Waals surface area contributed by atoms with E-state index in [1.165, 1.54) is 0 Å². The summed E-state index contributed by atoms with van der Waals surface area (Å²) in [5.41, 5.74) is 1.17. The molecule has 4 heteroatoms. The maximum atomic E-state index is 11.4. The van der Waals surface area contributed by atoms with Crippen molar-refractivity contribution in [2.24, 2.45) is 0 Å². The molecular weight excluding hydrogens is 305 g/mol. The van der Waals surface area contributed by atoms with E-state index in [4.69, 9.17) is 0 Å². The van der Waals surface area contributed by atoms with Gasteiger partial charge in [-0.05, 0) is 30.4 Å². The van der Waals surface area contributed by atoms with Crippen LogP contribution in [0.3, 0.4) is 0 Å². The minimum Gasteiger partial charge on any atom is -0.480 e. The van der Waals surface area contributed by atoms with Gasteiger partial charge in [0.25, 0.3) is 0 Å². The fraction of sp³-hybridized carbons (Fsp3) is 0.364. The molecule has 3 nitrogen and oxygen atoms in total. The van der Waals surface area contributed by atoms with Crippen molar-refractivity contribution in [1.29, 1.82) is 0 Å². The molecule has 1 aliphatic rings. The summed E-state index contributed by atoms with van der Waals surface area (Å²) in [5.74, 6) is -0.788. The third-order valence-electron chi connectivity index (χ3n) is 3.00. The molecule has 0 saturated carbocycles. The van der Waals surface area contributed by atoms with E-state index in [1.54, 1.807) is 0 Å². The molecule has 0 aromatic heterocycles. The molecule has 1 unspecified atom stereocenters. The Balaban J connectivity index is 2.57. The largest absolute Gasteiger partial charge is 0.480 e. The monoisotopic (exact) mass is 317 g/mol. The number of carboxylic acid groups (broad SMARTS) is 1. The number of rotatable bonds is 2. The molecular formula is C11H12INO2. The second-order valence-electron chi connectivity index (χ2n) is 3.82. The molecule has 0 saturated heterocycles. The number of benzene rings is 1. The lowest BCUT2D eigenvalue weighted by atomic mass is 9.77. The zero-order valence-corrected chi connectivity index (χ0v) is 10.3. The van der Waals surface area contributed by atoms with Gasteiger partial charge in [-0.15, -0.1) is 0 Å². The van der Waals surface area contributed by atoms with Crippen LogP contribution in [0.4, 0.5) is 0 Å². The first-order valence-electron chi connectivity index (χ1n) is 4.90. The molecule has 0 amide bonds. The van der Waals surface area contributed by atoms with Crippen molar-refractivity contribution >= 4 is 28.8 Å². The molecule has 0 heterocycles. The van der Waals surface area contributed by atoms with Crippen LogP contribution >= 0.6 is 22.9 Å². The van der Waals surface area contributed by atoms with Crippen molar-refractivity contribution < 1.29 is 9.90 Å². The van der Waals surface area contributed by atoms with E-state index in [0.717, 1.165) is 24.0 Å². The number of halogens is 1. The quantitative estimate of drug-likeness (QED) is 0.650. The van der Waals surface area contributed by atoms with Crippen LogP contribution < -0.4 is 3.53 Å².